The molecule has 0 saturated heterocycles. The molecule has 1 aliphatic rings. The summed E-state index contributed by atoms with van der Waals surface area (Å²) in [6.07, 6.45) is -6.56. The van der Waals surface area contributed by atoms with Gasteiger partial charge in [-0.25, -0.2) is 13.6 Å². The van der Waals surface area contributed by atoms with Gasteiger partial charge in [-0.3, -0.25) is 0 Å². The smallest absolute Gasteiger partial charge is 0.405 e. The van der Waals surface area contributed by atoms with E-state index < -0.39 is 25.0 Å². The highest BCUT2D eigenvalue weighted by molar-refractivity contribution is 6.33. The topological polar surface area (TPSA) is 61.6 Å². The second-order valence-electron chi connectivity index (χ2n) is 7.34. The normalized spacial score (nSPS) is 18.6. The number of nitrogens with two attached hydrogens (primary N) is 1. The van der Waals surface area contributed by atoms with Gasteiger partial charge in [-0.2, -0.15) is 4.39 Å². The molecule has 1 unspecified atom stereocenters. The lowest BCUT2D eigenvalue weighted by Gasteiger charge is -2.26. The molecule has 3 rings (SSSR count). The van der Waals surface area contributed by atoms with Gasteiger partial charge in [-0.05, 0) is 41.3 Å². The van der Waals surface area contributed by atoms with E-state index in [4.69, 9.17) is 22.1 Å². The Hall–Kier alpha value is -2.41. The van der Waals surface area contributed by atoms with Crippen LogP contribution < -0.4 is 10.5 Å². The molecule has 150 valence electrons. The molecule has 1 aliphatic carbocycles. The molecule has 0 bridgehead atoms. The molecule has 2 atom stereocenters. The number of ether oxygens (including phenoxy) is 2. The van der Waals surface area contributed by atoms with Crippen LogP contribution in [0.1, 0.15) is 31.1 Å². The third kappa shape index (κ3) is 4.04. The Bertz CT molecular complexity index is 904. The summed E-state index contributed by atoms with van der Waals surface area (Å²) in [6, 6.07) is 9.85. The molecule has 0 heterocycles. The zero-order chi connectivity index (χ0) is 20.6. The van der Waals surface area contributed by atoms with Crippen molar-refractivity contribution in [1.82, 2.24) is 0 Å². The fourth-order valence-corrected chi connectivity index (χ4v) is 3.79. The van der Waals surface area contributed by atoms with Gasteiger partial charge >= 0.3 is 12.5 Å². The Morgan fingerprint density at radius 1 is 1.21 bits per heavy atom. The van der Waals surface area contributed by atoms with E-state index in [0.717, 1.165) is 16.7 Å². The molecule has 0 radical (unpaired) electrons. The lowest BCUT2D eigenvalue weighted by atomic mass is 9.87. The van der Waals surface area contributed by atoms with Crippen molar-refractivity contribution in [2.75, 3.05) is 0 Å². The molecule has 0 fully saturated rings. The minimum absolute atomic E-state index is 0.0845. The first-order valence-corrected chi connectivity index (χ1v) is 8.94. The van der Waals surface area contributed by atoms with E-state index in [1.165, 1.54) is 12.1 Å². The van der Waals surface area contributed by atoms with E-state index >= 15 is 0 Å². The van der Waals surface area contributed by atoms with Gasteiger partial charge in [-0.15, -0.1) is 0 Å². The van der Waals surface area contributed by atoms with Gasteiger partial charge in [0.05, 0.1) is 5.02 Å². The molecule has 2 aromatic rings. The number of halogens is 4. The molecular weight excluding hydrogens is 395 g/mol. The van der Waals surface area contributed by atoms with Crippen molar-refractivity contribution in [2.45, 2.75) is 39.2 Å². The van der Waals surface area contributed by atoms with Gasteiger partial charge in [0.25, 0.3) is 6.36 Å². The molecule has 2 aromatic carbocycles. The Kier molecular flexibility index (Phi) is 5.48. The summed E-state index contributed by atoms with van der Waals surface area (Å²) < 4.78 is 47.5. The van der Waals surface area contributed by atoms with Crippen molar-refractivity contribution in [3.63, 3.8) is 0 Å². The number of rotatable bonds is 5. The van der Waals surface area contributed by atoms with E-state index in [1.54, 1.807) is 6.07 Å². The van der Waals surface area contributed by atoms with Crippen LogP contribution in [0.5, 0.6) is 5.75 Å². The number of hydrogen-bond donors (Lipinski definition) is 1. The van der Waals surface area contributed by atoms with Gasteiger partial charge < -0.3 is 15.2 Å². The number of hydrogen-bond acceptors (Lipinski definition) is 3. The second-order valence-corrected chi connectivity index (χ2v) is 7.75. The van der Waals surface area contributed by atoms with Gasteiger partial charge in [0, 0.05) is 11.0 Å². The Morgan fingerprint density at radius 3 is 2.54 bits per heavy atom. The van der Waals surface area contributed by atoms with Crippen LogP contribution in [0.15, 0.2) is 36.4 Å². The van der Waals surface area contributed by atoms with Crippen LogP contribution in [0.2, 0.25) is 5.02 Å². The number of carbonyl (C=O) groups excluding carboxylic acids is 1. The van der Waals surface area contributed by atoms with E-state index in [-0.39, 0.29) is 16.2 Å². The molecular formula is C20H19ClF3NO3. The van der Waals surface area contributed by atoms with Gasteiger partial charge in [0.2, 0.25) is 0 Å². The lowest BCUT2D eigenvalue weighted by molar-refractivity contribution is -0.0668. The van der Waals surface area contributed by atoms with Crippen LogP contribution in [-0.2, 0) is 11.2 Å². The standard InChI is InChI=1S/C20H19ClF3NO3/c1-20(2)9-11-7-10(3-5-14(11)16(20)28-19(25)26)13-6-4-12(8-15(13)21)27-18(24)17(22)23/h3-8,16-18H,9H2,1-2H3,(H2,25,26)/t16-,18?/m0/s1. The number of carbonyl (C=O) groups is 1. The highest BCUT2D eigenvalue weighted by Crippen LogP contribution is 2.48. The maximum atomic E-state index is 13.1. The van der Waals surface area contributed by atoms with Crippen molar-refractivity contribution in [3.05, 3.63) is 52.5 Å². The lowest BCUT2D eigenvalue weighted by Crippen LogP contribution is -2.25. The summed E-state index contributed by atoms with van der Waals surface area (Å²) in [7, 11) is 0. The number of benzene rings is 2. The predicted molar refractivity (Wildman–Crippen MR) is 99.3 cm³/mol. The SMILES string of the molecule is CC1(C)Cc2cc(-c3ccc(OC(F)C(F)F)cc3Cl)ccc2[C@@H]1OC(N)=O. The van der Waals surface area contributed by atoms with E-state index in [9.17, 15) is 18.0 Å². The van der Waals surface area contributed by atoms with Crippen molar-refractivity contribution in [1.29, 1.82) is 0 Å². The second kappa shape index (κ2) is 7.54. The van der Waals surface area contributed by atoms with Crippen LogP contribution in [-0.4, -0.2) is 18.9 Å². The molecule has 4 nitrogen and oxygen atoms in total. The van der Waals surface area contributed by atoms with Crippen LogP contribution in [0.3, 0.4) is 0 Å². The molecule has 8 heteroatoms. The summed E-state index contributed by atoms with van der Waals surface area (Å²) in [5.74, 6) is -0.0845. The fraction of sp³-hybridized carbons (Fsp3) is 0.350. The maximum Gasteiger partial charge on any atom is 0.405 e. The van der Waals surface area contributed by atoms with E-state index in [2.05, 4.69) is 4.74 Å². The first-order valence-electron chi connectivity index (χ1n) is 8.56. The average Bonchev–Trinajstić information content (AvgIpc) is 2.83. The predicted octanol–water partition coefficient (Wildman–Crippen LogP) is 5.67. The largest absolute Gasteiger partial charge is 0.454 e. The zero-order valence-corrected chi connectivity index (χ0v) is 16.0. The molecule has 0 aromatic heterocycles. The molecule has 1 amide bonds. The monoisotopic (exact) mass is 413 g/mol. The van der Waals surface area contributed by atoms with E-state index in [1.807, 2.05) is 32.0 Å². The van der Waals surface area contributed by atoms with Crippen molar-refractivity contribution in [3.8, 4) is 16.9 Å². The van der Waals surface area contributed by atoms with Crippen molar-refractivity contribution >= 4 is 17.7 Å². The van der Waals surface area contributed by atoms with Crippen LogP contribution >= 0.6 is 11.6 Å². The molecule has 0 spiro atoms. The fourth-order valence-electron chi connectivity index (χ4n) is 3.51. The highest BCUT2D eigenvalue weighted by atomic mass is 35.5. The Balaban J connectivity index is 1.89. The Labute approximate surface area is 165 Å². The first kappa shape index (κ1) is 20.3. The van der Waals surface area contributed by atoms with Crippen LogP contribution in [0.25, 0.3) is 11.1 Å². The quantitative estimate of drug-likeness (QED) is 0.687. The summed E-state index contributed by atoms with van der Waals surface area (Å²) in [5, 5.41) is 0.237. The van der Waals surface area contributed by atoms with Gasteiger partial charge in [0.1, 0.15) is 11.9 Å². The first-order chi connectivity index (χ1) is 13.1. The third-order valence-corrected chi connectivity index (χ3v) is 5.03. The number of amides is 1. The molecule has 28 heavy (non-hydrogen) atoms. The molecule has 2 N–H and O–H groups in total. The highest BCUT2D eigenvalue weighted by Gasteiger charge is 2.41. The average molecular weight is 414 g/mol. The zero-order valence-electron chi connectivity index (χ0n) is 15.2. The summed E-state index contributed by atoms with van der Waals surface area (Å²) in [4.78, 5) is 11.2. The Morgan fingerprint density at radius 2 is 1.93 bits per heavy atom. The number of fused-ring (bicyclic) bond motifs is 1. The number of alkyl halides is 3. The minimum atomic E-state index is -3.24. The number of primary amides is 1. The summed E-state index contributed by atoms with van der Waals surface area (Å²) >= 11 is 6.26. The van der Waals surface area contributed by atoms with Crippen molar-refractivity contribution < 1.29 is 27.4 Å². The van der Waals surface area contributed by atoms with Gasteiger partial charge in [-0.1, -0.05) is 43.6 Å². The van der Waals surface area contributed by atoms with Crippen molar-refractivity contribution in [2.24, 2.45) is 11.1 Å². The van der Waals surface area contributed by atoms with Crippen LogP contribution in [0.4, 0.5) is 18.0 Å². The maximum absolute atomic E-state index is 13.1. The van der Waals surface area contributed by atoms with Crippen LogP contribution in [0, 0.1) is 5.41 Å². The summed E-state index contributed by atoms with van der Waals surface area (Å²) in [5.41, 5.74) is 8.17. The third-order valence-electron chi connectivity index (χ3n) is 4.71. The molecule has 0 saturated carbocycles. The van der Waals surface area contributed by atoms with E-state index in [0.29, 0.717) is 12.0 Å². The van der Waals surface area contributed by atoms with Gasteiger partial charge in [0.15, 0.2) is 0 Å². The minimum Gasteiger partial charge on any atom is -0.454 e. The molecule has 0 aliphatic heterocycles. The summed E-state index contributed by atoms with van der Waals surface area (Å²) in [6.45, 7) is 3.96.